The molecule has 1 unspecified atom stereocenters. The molecule has 0 saturated heterocycles. The first-order valence-electron chi connectivity index (χ1n) is 4.06. The third-order valence-electron chi connectivity index (χ3n) is 1.98. The molecule has 13 heavy (non-hydrogen) atoms. The lowest BCUT2D eigenvalue weighted by molar-refractivity contribution is -0.138. The Kier molecular flexibility index (Phi) is 2.60. The van der Waals surface area contributed by atoms with E-state index in [0.29, 0.717) is 5.69 Å². The molecule has 1 rings (SSSR count). The highest BCUT2D eigenvalue weighted by Crippen LogP contribution is 2.17. The van der Waals surface area contributed by atoms with Crippen LogP contribution in [0.1, 0.15) is 29.8 Å². The van der Waals surface area contributed by atoms with Crippen LogP contribution in [0.3, 0.4) is 0 Å². The highest BCUT2D eigenvalue weighted by atomic mass is 16.4. The third kappa shape index (κ3) is 2.02. The van der Waals surface area contributed by atoms with Gasteiger partial charge in [0.05, 0.1) is 17.3 Å². The maximum atomic E-state index is 10.7. The maximum Gasteiger partial charge on any atom is 0.310 e. The second-order valence-electron chi connectivity index (χ2n) is 3.09. The van der Waals surface area contributed by atoms with Crippen molar-refractivity contribution >= 4 is 5.97 Å². The number of rotatable bonds is 2. The van der Waals surface area contributed by atoms with Crippen molar-refractivity contribution in [2.45, 2.75) is 26.7 Å². The fourth-order valence-electron chi connectivity index (χ4n) is 1.14. The van der Waals surface area contributed by atoms with Crippen LogP contribution in [0.5, 0.6) is 0 Å². The third-order valence-corrected chi connectivity index (χ3v) is 1.98. The van der Waals surface area contributed by atoms with E-state index in [9.17, 15) is 4.79 Å². The van der Waals surface area contributed by atoms with Gasteiger partial charge < -0.3 is 5.11 Å². The van der Waals surface area contributed by atoms with Gasteiger partial charge in [-0.05, 0) is 32.4 Å². The van der Waals surface area contributed by atoms with Gasteiger partial charge in [-0.25, -0.2) is 0 Å². The van der Waals surface area contributed by atoms with Crippen molar-refractivity contribution in [3.8, 4) is 0 Å². The Morgan fingerprint density at radius 2 is 2.08 bits per heavy atom. The molecule has 0 bridgehead atoms. The number of aromatic nitrogens is 2. The van der Waals surface area contributed by atoms with Crippen LogP contribution >= 0.6 is 0 Å². The van der Waals surface area contributed by atoms with Gasteiger partial charge in [0.2, 0.25) is 0 Å². The Bertz CT molecular complexity index is 336. The van der Waals surface area contributed by atoms with E-state index in [2.05, 4.69) is 10.2 Å². The molecule has 1 atom stereocenters. The van der Waals surface area contributed by atoms with Crippen molar-refractivity contribution in [2.24, 2.45) is 0 Å². The van der Waals surface area contributed by atoms with E-state index in [1.54, 1.807) is 26.8 Å². The number of carboxylic acid groups (broad SMARTS) is 1. The monoisotopic (exact) mass is 180 g/mol. The number of hydrogen-bond acceptors (Lipinski definition) is 3. The van der Waals surface area contributed by atoms with Crippen LogP contribution in [0, 0.1) is 13.8 Å². The van der Waals surface area contributed by atoms with Crippen LogP contribution in [-0.2, 0) is 4.79 Å². The molecule has 1 N–H and O–H groups in total. The van der Waals surface area contributed by atoms with Crippen LogP contribution in [0.15, 0.2) is 6.07 Å². The van der Waals surface area contributed by atoms with E-state index < -0.39 is 11.9 Å². The predicted molar refractivity (Wildman–Crippen MR) is 47.6 cm³/mol. The molecule has 0 aliphatic carbocycles. The van der Waals surface area contributed by atoms with Gasteiger partial charge >= 0.3 is 5.97 Å². The lowest BCUT2D eigenvalue weighted by Gasteiger charge is -2.08. The molecule has 0 radical (unpaired) electrons. The van der Waals surface area contributed by atoms with E-state index in [0.717, 1.165) is 11.3 Å². The SMILES string of the molecule is Cc1cc(C(C)C(=O)O)c(C)nn1. The molecule has 0 aliphatic heterocycles. The van der Waals surface area contributed by atoms with E-state index in [1.807, 2.05) is 0 Å². The standard InChI is InChI=1S/C9H12N2O2/c1-5-4-8(6(2)9(12)13)7(3)11-10-5/h4,6H,1-3H3,(H,12,13). The molecule has 70 valence electrons. The molecule has 1 aromatic rings. The molecule has 1 aromatic heterocycles. The lowest BCUT2D eigenvalue weighted by atomic mass is 10.0. The average molecular weight is 180 g/mol. The van der Waals surface area contributed by atoms with Crippen LogP contribution in [0.2, 0.25) is 0 Å². The summed E-state index contributed by atoms with van der Waals surface area (Å²) >= 11 is 0. The Balaban J connectivity index is 3.12. The van der Waals surface area contributed by atoms with Gasteiger partial charge in [0, 0.05) is 0 Å². The van der Waals surface area contributed by atoms with E-state index in [1.165, 1.54) is 0 Å². The molecule has 0 amide bonds. The van der Waals surface area contributed by atoms with Crippen molar-refractivity contribution in [1.82, 2.24) is 10.2 Å². The molecular weight excluding hydrogens is 168 g/mol. The van der Waals surface area contributed by atoms with Crippen LogP contribution in [0.4, 0.5) is 0 Å². The summed E-state index contributed by atoms with van der Waals surface area (Å²) in [5.74, 6) is -1.36. The minimum Gasteiger partial charge on any atom is -0.481 e. The Labute approximate surface area is 76.6 Å². The zero-order chi connectivity index (χ0) is 10.0. The number of carbonyl (C=O) groups is 1. The predicted octanol–water partition coefficient (Wildman–Crippen LogP) is 1.28. The highest BCUT2D eigenvalue weighted by molar-refractivity contribution is 5.75. The van der Waals surface area contributed by atoms with Crippen molar-refractivity contribution < 1.29 is 9.90 Å². The topological polar surface area (TPSA) is 63.1 Å². The van der Waals surface area contributed by atoms with E-state index in [-0.39, 0.29) is 0 Å². The number of aliphatic carboxylic acids is 1. The van der Waals surface area contributed by atoms with Crippen molar-refractivity contribution in [3.63, 3.8) is 0 Å². The Morgan fingerprint density at radius 1 is 1.46 bits per heavy atom. The molecule has 0 spiro atoms. The molecule has 4 heteroatoms. The number of nitrogens with zero attached hydrogens (tertiary/aromatic N) is 2. The quantitative estimate of drug-likeness (QED) is 0.744. The first-order chi connectivity index (χ1) is 6.02. The molecule has 0 aliphatic rings. The van der Waals surface area contributed by atoms with Gasteiger partial charge in [0.15, 0.2) is 0 Å². The Morgan fingerprint density at radius 3 is 2.62 bits per heavy atom. The van der Waals surface area contributed by atoms with Crippen molar-refractivity contribution in [2.75, 3.05) is 0 Å². The van der Waals surface area contributed by atoms with Gasteiger partial charge in [-0.3, -0.25) is 4.79 Å². The molecular formula is C9H12N2O2. The largest absolute Gasteiger partial charge is 0.481 e. The summed E-state index contributed by atoms with van der Waals surface area (Å²) in [6.45, 7) is 5.21. The normalized spacial score (nSPS) is 12.5. The van der Waals surface area contributed by atoms with Crippen molar-refractivity contribution in [1.29, 1.82) is 0 Å². The molecule has 0 fully saturated rings. The van der Waals surface area contributed by atoms with Gasteiger partial charge in [0.25, 0.3) is 0 Å². The number of carboxylic acids is 1. The van der Waals surface area contributed by atoms with Crippen LogP contribution in [0.25, 0.3) is 0 Å². The van der Waals surface area contributed by atoms with Crippen LogP contribution < -0.4 is 0 Å². The summed E-state index contributed by atoms with van der Waals surface area (Å²) in [5.41, 5.74) is 2.16. The van der Waals surface area contributed by atoms with Crippen LogP contribution in [-0.4, -0.2) is 21.3 Å². The molecule has 4 nitrogen and oxygen atoms in total. The fourth-order valence-corrected chi connectivity index (χ4v) is 1.14. The summed E-state index contributed by atoms with van der Waals surface area (Å²) in [5, 5.41) is 16.5. The van der Waals surface area contributed by atoms with E-state index >= 15 is 0 Å². The second-order valence-corrected chi connectivity index (χ2v) is 3.09. The zero-order valence-corrected chi connectivity index (χ0v) is 7.90. The van der Waals surface area contributed by atoms with Gasteiger partial charge in [0.1, 0.15) is 0 Å². The second kappa shape index (κ2) is 3.51. The smallest absolute Gasteiger partial charge is 0.310 e. The molecule has 0 saturated carbocycles. The zero-order valence-electron chi connectivity index (χ0n) is 7.90. The van der Waals surface area contributed by atoms with Gasteiger partial charge in [-0.1, -0.05) is 0 Å². The number of aryl methyl sites for hydroxylation is 2. The fraction of sp³-hybridized carbons (Fsp3) is 0.444. The average Bonchev–Trinajstić information content (AvgIpc) is 2.08. The summed E-state index contributed by atoms with van der Waals surface area (Å²) < 4.78 is 0. The summed E-state index contributed by atoms with van der Waals surface area (Å²) in [7, 11) is 0. The number of hydrogen-bond donors (Lipinski definition) is 1. The first kappa shape index (κ1) is 9.64. The lowest BCUT2D eigenvalue weighted by Crippen LogP contribution is -2.10. The summed E-state index contributed by atoms with van der Waals surface area (Å²) in [6.07, 6.45) is 0. The Hall–Kier alpha value is -1.45. The first-order valence-corrected chi connectivity index (χ1v) is 4.06. The van der Waals surface area contributed by atoms with E-state index in [4.69, 9.17) is 5.11 Å². The molecule has 0 aromatic carbocycles. The minimum atomic E-state index is -0.837. The molecule has 1 heterocycles. The van der Waals surface area contributed by atoms with Gasteiger partial charge in [-0.15, -0.1) is 0 Å². The highest BCUT2D eigenvalue weighted by Gasteiger charge is 2.16. The summed E-state index contributed by atoms with van der Waals surface area (Å²) in [6, 6.07) is 1.76. The summed E-state index contributed by atoms with van der Waals surface area (Å²) in [4.78, 5) is 10.7. The maximum absolute atomic E-state index is 10.7. The minimum absolute atomic E-state index is 0.519. The van der Waals surface area contributed by atoms with Gasteiger partial charge in [-0.2, -0.15) is 10.2 Å². The van der Waals surface area contributed by atoms with Crippen molar-refractivity contribution in [3.05, 3.63) is 23.0 Å².